The third-order valence-corrected chi connectivity index (χ3v) is 3.90. The minimum Gasteiger partial charge on any atom is -0.383 e. The van der Waals surface area contributed by atoms with Crippen molar-refractivity contribution in [1.29, 1.82) is 0 Å². The molecule has 1 aromatic heterocycles. The minimum absolute atomic E-state index is 0.0465. The molecule has 7 nitrogen and oxygen atoms in total. The van der Waals surface area contributed by atoms with E-state index in [1.807, 2.05) is 6.92 Å². The Morgan fingerprint density at radius 2 is 2.05 bits per heavy atom. The number of sulfonamides is 1. The van der Waals surface area contributed by atoms with Crippen LogP contribution in [0.4, 0.5) is 11.6 Å². The average molecular weight is 285 g/mol. The van der Waals surface area contributed by atoms with Gasteiger partial charge in [0, 0.05) is 18.0 Å². The van der Waals surface area contributed by atoms with Gasteiger partial charge in [0.15, 0.2) is 0 Å². The summed E-state index contributed by atoms with van der Waals surface area (Å²) in [6.07, 6.45) is 2.64. The van der Waals surface area contributed by atoms with Gasteiger partial charge in [-0.1, -0.05) is 0 Å². The van der Waals surface area contributed by atoms with E-state index in [1.165, 1.54) is 0 Å². The zero-order valence-electron chi connectivity index (χ0n) is 10.9. The summed E-state index contributed by atoms with van der Waals surface area (Å²) in [6.45, 7) is 2.33. The van der Waals surface area contributed by atoms with Gasteiger partial charge in [0.2, 0.25) is 10.0 Å². The van der Waals surface area contributed by atoms with Crippen LogP contribution in [-0.2, 0) is 10.0 Å². The normalized spacial score (nSPS) is 15.5. The zero-order chi connectivity index (χ0) is 14.0. The molecule has 0 spiro atoms. The maximum absolute atomic E-state index is 10.8. The van der Waals surface area contributed by atoms with E-state index in [2.05, 4.69) is 15.3 Å². The molecule has 0 unspecified atom stereocenters. The predicted octanol–water partition coefficient (Wildman–Crippen LogP) is 0.335. The summed E-state index contributed by atoms with van der Waals surface area (Å²) in [7, 11) is -3.41. The fourth-order valence-corrected chi connectivity index (χ4v) is 2.28. The number of nitrogen functional groups attached to an aromatic ring is 1. The van der Waals surface area contributed by atoms with Crippen molar-refractivity contribution in [1.82, 2.24) is 9.97 Å². The molecule has 0 aliphatic heterocycles. The molecule has 1 aliphatic carbocycles. The number of hydrogen-bond acceptors (Lipinski definition) is 6. The summed E-state index contributed by atoms with van der Waals surface area (Å²) in [6, 6.07) is 0. The summed E-state index contributed by atoms with van der Waals surface area (Å²) in [5, 5.41) is 8.04. The second kappa shape index (κ2) is 5.30. The average Bonchev–Trinajstić information content (AvgIpc) is 3.12. The van der Waals surface area contributed by atoms with Crippen LogP contribution in [0.3, 0.4) is 0 Å². The molecule has 1 heterocycles. The highest BCUT2D eigenvalue weighted by atomic mass is 32.2. The third kappa shape index (κ3) is 4.03. The van der Waals surface area contributed by atoms with Crippen LogP contribution < -0.4 is 16.2 Å². The van der Waals surface area contributed by atoms with E-state index in [9.17, 15) is 8.42 Å². The van der Waals surface area contributed by atoms with E-state index in [-0.39, 0.29) is 5.75 Å². The van der Waals surface area contributed by atoms with E-state index in [4.69, 9.17) is 10.9 Å². The molecule has 1 aliphatic rings. The van der Waals surface area contributed by atoms with Crippen LogP contribution in [0.2, 0.25) is 0 Å². The first kappa shape index (κ1) is 14.0. The van der Waals surface area contributed by atoms with Crippen LogP contribution >= 0.6 is 0 Å². The Labute approximate surface area is 112 Å². The number of nitrogens with two attached hydrogens (primary N) is 2. The highest BCUT2D eigenvalue weighted by Crippen LogP contribution is 2.39. The van der Waals surface area contributed by atoms with Crippen molar-refractivity contribution < 1.29 is 8.42 Å². The summed E-state index contributed by atoms with van der Waals surface area (Å²) in [4.78, 5) is 8.72. The van der Waals surface area contributed by atoms with Gasteiger partial charge in [0.25, 0.3) is 0 Å². The predicted molar refractivity (Wildman–Crippen MR) is 74.2 cm³/mol. The molecule has 0 atom stereocenters. The Hall–Kier alpha value is -1.41. The molecule has 5 N–H and O–H groups in total. The number of aromatic nitrogens is 2. The molecule has 8 heteroatoms. The van der Waals surface area contributed by atoms with Gasteiger partial charge in [-0.2, -0.15) is 0 Å². The lowest BCUT2D eigenvalue weighted by atomic mass is 10.3. The van der Waals surface area contributed by atoms with Crippen molar-refractivity contribution in [2.24, 2.45) is 5.14 Å². The molecule has 1 saturated carbocycles. The highest BCUT2D eigenvalue weighted by Gasteiger charge is 2.27. The maximum Gasteiger partial charge on any atom is 0.209 e. The first-order valence-electron chi connectivity index (χ1n) is 6.25. The van der Waals surface area contributed by atoms with Crippen molar-refractivity contribution in [2.75, 3.05) is 23.3 Å². The van der Waals surface area contributed by atoms with Crippen molar-refractivity contribution in [3.8, 4) is 0 Å². The number of primary sulfonamides is 1. The third-order valence-electron chi connectivity index (χ3n) is 3.04. The van der Waals surface area contributed by atoms with Gasteiger partial charge in [-0.05, 0) is 26.2 Å². The van der Waals surface area contributed by atoms with Crippen molar-refractivity contribution in [3.05, 3.63) is 11.4 Å². The molecule has 19 heavy (non-hydrogen) atoms. The van der Waals surface area contributed by atoms with Gasteiger partial charge in [0.05, 0.1) is 5.75 Å². The number of hydrogen-bond donors (Lipinski definition) is 3. The number of nitrogens with zero attached hydrogens (tertiary/aromatic N) is 2. The first-order valence-corrected chi connectivity index (χ1v) is 7.96. The van der Waals surface area contributed by atoms with E-state index in [1.54, 1.807) is 0 Å². The van der Waals surface area contributed by atoms with Crippen LogP contribution in [-0.4, -0.2) is 30.7 Å². The van der Waals surface area contributed by atoms with Crippen LogP contribution in [0, 0.1) is 6.92 Å². The largest absolute Gasteiger partial charge is 0.383 e. The quantitative estimate of drug-likeness (QED) is 0.647. The highest BCUT2D eigenvalue weighted by molar-refractivity contribution is 7.89. The van der Waals surface area contributed by atoms with Gasteiger partial charge in [-0.3, -0.25) is 0 Å². The van der Waals surface area contributed by atoms with Crippen LogP contribution in [0.15, 0.2) is 0 Å². The van der Waals surface area contributed by atoms with Crippen molar-refractivity contribution >= 4 is 21.7 Å². The van der Waals surface area contributed by atoms with E-state index >= 15 is 0 Å². The molecule has 106 valence electrons. The monoisotopic (exact) mass is 285 g/mol. The Morgan fingerprint density at radius 1 is 1.37 bits per heavy atom. The number of rotatable bonds is 6. The first-order chi connectivity index (χ1) is 8.87. The molecule has 2 rings (SSSR count). The topological polar surface area (TPSA) is 124 Å². The van der Waals surface area contributed by atoms with Crippen LogP contribution in [0.1, 0.15) is 36.6 Å². The molecule has 0 saturated heterocycles. The molecule has 0 aromatic carbocycles. The molecule has 1 fully saturated rings. The summed E-state index contributed by atoms with van der Waals surface area (Å²) < 4.78 is 21.6. The lowest BCUT2D eigenvalue weighted by Gasteiger charge is -2.11. The fraction of sp³-hybridized carbons (Fsp3) is 0.636. The van der Waals surface area contributed by atoms with Gasteiger partial charge >= 0.3 is 0 Å². The molecule has 1 aromatic rings. The molecular weight excluding hydrogens is 266 g/mol. The summed E-state index contributed by atoms with van der Waals surface area (Å²) in [5.41, 5.74) is 6.65. The molecule has 0 amide bonds. The second-order valence-electron chi connectivity index (χ2n) is 4.86. The Morgan fingerprint density at radius 3 is 2.63 bits per heavy atom. The van der Waals surface area contributed by atoms with E-state index in [0.717, 1.165) is 24.2 Å². The summed E-state index contributed by atoms with van der Waals surface area (Å²) in [5.74, 6) is 2.31. The number of nitrogens with one attached hydrogen (secondary N) is 1. The van der Waals surface area contributed by atoms with Crippen LogP contribution in [0.5, 0.6) is 0 Å². The maximum atomic E-state index is 10.8. The summed E-state index contributed by atoms with van der Waals surface area (Å²) >= 11 is 0. The fourth-order valence-electron chi connectivity index (χ4n) is 1.73. The van der Waals surface area contributed by atoms with Crippen LogP contribution in [0.25, 0.3) is 0 Å². The van der Waals surface area contributed by atoms with Gasteiger partial charge < -0.3 is 11.1 Å². The minimum atomic E-state index is -3.41. The van der Waals surface area contributed by atoms with Crippen molar-refractivity contribution in [3.63, 3.8) is 0 Å². The van der Waals surface area contributed by atoms with Gasteiger partial charge in [0.1, 0.15) is 17.5 Å². The van der Waals surface area contributed by atoms with E-state index < -0.39 is 10.0 Å². The lowest BCUT2D eigenvalue weighted by molar-refractivity contribution is 0.595. The van der Waals surface area contributed by atoms with Gasteiger partial charge in [-0.15, -0.1) is 0 Å². The van der Waals surface area contributed by atoms with Gasteiger partial charge in [-0.25, -0.2) is 23.5 Å². The zero-order valence-corrected chi connectivity index (χ0v) is 11.7. The lowest BCUT2D eigenvalue weighted by Crippen LogP contribution is -2.19. The Balaban J connectivity index is 1.99. The Bertz CT molecular complexity index is 569. The SMILES string of the molecule is Cc1c(N)nc(C2CC2)nc1NCCCS(N)(=O)=O. The smallest absolute Gasteiger partial charge is 0.209 e. The second-order valence-corrected chi connectivity index (χ2v) is 6.60. The van der Waals surface area contributed by atoms with Crippen molar-refractivity contribution in [2.45, 2.75) is 32.1 Å². The number of anilines is 2. The molecule has 0 radical (unpaired) electrons. The van der Waals surface area contributed by atoms with E-state index in [0.29, 0.717) is 30.5 Å². The molecule has 0 bridgehead atoms. The standard InChI is InChI=1S/C11H19N5O2S/c1-7-9(12)15-11(8-3-4-8)16-10(7)14-5-2-6-19(13,17)18/h8H,2-6H2,1H3,(H2,13,17,18)(H3,12,14,15,16). The molecular formula is C11H19N5O2S. The Kier molecular flexibility index (Phi) is 3.91.